The number of carbonyl (C=O) groups excluding carboxylic acids is 1. The second kappa shape index (κ2) is 5.22. The molecule has 2 fully saturated rings. The van der Waals surface area contributed by atoms with Gasteiger partial charge in [-0.3, -0.25) is 4.79 Å². The molecule has 3 aliphatic rings. The number of piperidine rings is 1. The lowest BCUT2D eigenvalue weighted by Gasteiger charge is -2.24. The molecular formula is C16H20N2O3. The van der Waals surface area contributed by atoms with Crippen LogP contribution in [0.2, 0.25) is 0 Å². The van der Waals surface area contributed by atoms with Gasteiger partial charge in [0.15, 0.2) is 11.5 Å². The van der Waals surface area contributed by atoms with Crippen LogP contribution in [0.4, 0.5) is 0 Å². The molecule has 1 amide bonds. The molecule has 0 spiro atoms. The smallest absolute Gasteiger partial charge is 0.255 e. The van der Waals surface area contributed by atoms with Gasteiger partial charge in [0.25, 0.3) is 5.91 Å². The number of hydrogen-bond acceptors (Lipinski definition) is 4. The molecule has 1 aromatic carbocycles. The molecule has 4 rings (SSSR count). The Kier molecular flexibility index (Phi) is 3.22. The minimum atomic E-state index is -0.0816. The molecule has 5 nitrogen and oxygen atoms in total. The number of para-hydroxylation sites is 1. The van der Waals surface area contributed by atoms with Crippen LogP contribution >= 0.6 is 0 Å². The van der Waals surface area contributed by atoms with Crippen molar-refractivity contribution >= 4 is 5.91 Å². The maximum Gasteiger partial charge on any atom is 0.255 e. The summed E-state index contributed by atoms with van der Waals surface area (Å²) in [5.41, 5.74) is 0.565. The Morgan fingerprint density at radius 3 is 3.00 bits per heavy atom. The maximum atomic E-state index is 12.4. The first kappa shape index (κ1) is 13.0. The van der Waals surface area contributed by atoms with E-state index < -0.39 is 0 Å². The van der Waals surface area contributed by atoms with Crippen molar-refractivity contribution in [3.05, 3.63) is 23.8 Å². The van der Waals surface area contributed by atoms with E-state index in [0.717, 1.165) is 5.92 Å². The minimum absolute atomic E-state index is 0.0816. The average molecular weight is 288 g/mol. The molecule has 1 saturated carbocycles. The maximum absolute atomic E-state index is 12.4. The van der Waals surface area contributed by atoms with Gasteiger partial charge in [-0.1, -0.05) is 6.07 Å². The number of benzene rings is 1. The van der Waals surface area contributed by atoms with Gasteiger partial charge in [-0.05, 0) is 37.3 Å². The summed E-state index contributed by atoms with van der Waals surface area (Å²) in [4.78, 5) is 12.4. The van der Waals surface area contributed by atoms with E-state index in [1.54, 1.807) is 6.07 Å². The van der Waals surface area contributed by atoms with E-state index in [-0.39, 0.29) is 5.91 Å². The van der Waals surface area contributed by atoms with Gasteiger partial charge in [-0.15, -0.1) is 0 Å². The Bertz CT molecular complexity index is 560. The molecule has 21 heavy (non-hydrogen) atoms. The second-order valence-corrected chi connectivity index (χ2v) is 6.08. The van der Waals surface area contributed by atoms with E-state index >= 15 is 0 Å². The first-order chi connectivity index (χ1) is 10.3. The first-order valence-corrected chi connectivity index (χ1v) is 7.74. The molecule has 2 heterocycles. The standard InChI is InChI=1S/C16H20N2O3/c19-16(17-9-13-10-4-5-11(8-10)18-13)12-2-1-3-14-15(12)21-7-6-20-14/h1-3,10-11,13,18H,4-9H2,(H,17,19)/t10?,11-,13?/m1/s1. The van der Waals surface area contributed by atoms with E-state index in [2.05, 4.69) is 10.6 Å². The summed E-state index contributed by atoms with van der Waals surface area (Å²) < 4.78 is 11.1. The fourth-order valence-corrected chi connectivity index (χ4v) is 3.75. The van der Waals surface area contributed by atoms with Crippen molar-refractivity contribution in [1.29, 1.82) is 0 Å². The monoisotopic (exact) mass is 288 g/mol. The molecule has 2 unspecified atom stereocenters. The average Bonchev–Trinajstić information content (AvgIpc) is 3.15. The van der Waals surface area contributed by atoms with E-state index in [4.69, 9.17) is 9.47 Å². The zero-order valence-corrected chi connectivity index (χ0v) is 11.9. The molecule has 112 valence electrons. The van der Waals surface area contributed by atoms with Crippen LogP contribution in [0.3, 0.4) is 0 Å². The highest BCUT2D eigenvalue weighted by molar-refractivity contribution is 5.97. The summed E-state index contributed by atoms with van der Waals surface area (Å²) >= 11 is 0. The summed E-state index contributed by atoms with van der Waals surface area (Å²) in [6.07, 6.45) is 3.83. The Balaban J connectivity index is 1.43. The minimum Gasteiger partial charge on any atom is -0.486 e. The molecule has 1 saturated heterocycles. The SMILES string of the molecule is O=C(NCC1N[C@@H]2CCC1C2)c1cccc2c1OCCO2. The zero-order valence-electron chi connectivity index (χ0n) is 11.9. The van der Waals surface area contributed by atoms with Gasteiger partial charge in [0.1, 0.15) is 13.2 Å². The van der Waals surface area contributed by atoms with E-state index in [1.165, 1.54) is 19.3 Å². The van der Waals surface area contributed by atoms with Crippen LogP contribution in [0.25, 0.3) is 0 Å². The zero-order chi connectivity index (χ0) is 14.2. The molecule has 1 aromatic rings. The third kappa shape index (κ3) is 2.35. The Morgan fingerprint density at radius 2 is 2.19 bits per heavy atom. The van der Waals surface area contributed by atoms with Crippen molar-refractivity contribution in [3.8, 4) is 11.5 Å². The number of nitrogens with one attached hydrogen (secondary N) is 2. The van der Waals surface area contributed by atoms with Crippen LogP contribution in [0, 0.1) is 5.92 Å². The van der Waals surface area contributed by atoms with Crippen molar-refractivity contribution in [1.82, 2.24) is 10.6 Å². The lowest BCUT2D eigenvalue weighted by atomic mass is 10.00. The summed E-state index contributed by atoms with van der Waals surface area (Å²) in [6.45, 7) is 1.71. The number of fused-ring (bicyclic) bond motifs is 3. The van der Waals surface area contributed by atoms with Crippen LogP contribution in [0.15, 0.2) is 18.2 Å². The predicted molar refractivity (Wildman–Crippen MR) is 77.8 cm³/mol. The fourth-order valence-electron chi connectivity index (χ4n) is 3.75. The van der Waals surface area contributed by atoms with E-state index in [1.807, 2.05) is 12.1 Å². The normalized spacial score (nSPS) is 29.4. The largest absolute Gasteiger partial charge is 0.486 e. The third-order valence-electron chi connectivity index (χ3n) is 4.79. The van der Waals surface area contributed by atoms with Crippen LogP contribution in [-0.2, 0) is 0 Å². The van der Waals surface area contributed by atoms with Gasteiger partial charge < -0.3 is 20.1 Å². The lowest BCUT2D eigenvalue weighted by Crippen LogP contribution is -2.44. The van der Waals surface area contributed by atoms with Gasteiger partial charge in [0, 0.05) is 18.6 Å². The summed E-state index contributed by atoms with van der Waals surface area (Å²) in [5.74, 6) is 1.87. The highest BCUT2D eigenvalue weighted by Crippen LogP contribution is 2.35. The van der Waals surface area contributed by atoms with Gasteiger partial charge in [-0.25, -0.2) is 0 Å². The van der Waals surface area contributed by atoms with Crippen molar-refractivity contribution in [2.45, 2.75) is 31.3 Å². The molecular weight excluding hydrogens is 268 g/mol. The number of rotatable bonds is 3. The van der Waals surface area contributed by atoms with Crippen molar-refractivity contribution in [3.63, 3.8) is 0 Å². The van der Waals surface area contributed by atoms with E-state index in [9.17, 15) is 4.79 Å². The Morgan fingerprint density at radius 1 is 1.29 bits per heavy atom. The molecule has 3 atom stereocenters. The van der Waals surface area contributed by atoms with Crippen LogP contribution < -0.4 is 20.1 Å². The fraction of sp³-hybridized carbons (Fsp3) is 0.562. The summed E-state index contributed by atoms with van der Waals surface area (Å²) in [5, 5.41) is 6.63. The quantitative estimate of drug-likeness (QED) is 0.881. The van der Waals surface area contributed by atoms with Gasteiger partial charge in [0.05, 0.1) is 5.56 Å². The van der Waals surface area contributed by atoms with Gasteiger partial charge >= 0.3 is 0 Å². The number of amides is 1. The van der Waals surface area contributed by atoms with Crippen LogP contribution in [0.1, 0.15) is 29.6 Å². The van der Waals surface area contributed by atoms with Crippen LogP contribution in [0.5, 0.6) is 11.5 Å². The summed E-state index contributed by atoms with van der Waals surface area (Å²) in [7, 11) is 0. The Labute approximate surface area is 124 Å². The highest BCUT2D eigenvalue weighted by atomic mass is 16.6. The highest BCUT2D eigenvalue weighted by Gasteiger charge is 2.38. The molecule has 0 radical (unpaired) electrons. The van der Waals surface area contributed by atoms with E-state index in [0.29, 0.717) is 48.9 Å². The molecule has 2 bridgehead atoms. The molecule has 2 aliphatic heterocycles. The number of ether oxygens (including phenoxy) is 2. The van der Waals surface area contributed by atoms with Crippen molar-refractivity contribution in [2.75, 3.05) is 19.8 Å². The first-order valence-electron chi connectivity index (χ1n) is 7.74. The van der Waals surface area contributed by atoms with Crippen LogP contribution in [-0.4, -0.2) is 37.7 Å². The molecule has 5 heteroatoms. The summed E-state index contributed by atoms with van der Waals surface area (Å²) in [6, 6.07) is 6.54. The van der Waals surface area contributed by atoms with Crippen molar-refractivity contribution in [2.24, 2.45) is 5.92 Å². The molecule has 2 N–H and O–H groups in total. The Hall–Kier alpha value is -1.75. The van der Waals surface area contributed by atoms with Gasteiger partial charge in [-0.2, -0.15) is 0 Å². The topological polar surface area (TPSA) is 59.6 Å². The second-order valence-electron chi connectivity index (χ2n) is 6.08. The number of carbonyl (C=O) groups is 1. The predicted octanol–water partition coefficient (Wildman–Crippen LogP) is 1.33. The molecule has 0 aromatic heterocycles. The number of hydrogen-bond donors (Lipinski definition) is 2. The van der Waals surface area contributed by atoms with Gasteiger partial charge in [0.2, 0.25) is 0 Å². The third-order valence-corrected chi connectivity index (χ3v) is 4.79. The molecule has 1 aliphatic carbocycles. The lowest BCUT2D eigenvalue weighted by molar-refractivity contribution is 0.0935. The van der Waals surface area contributed by atoms with Crippen molar-refractivity contribution < 1.29 is 14.3 Å².